The number of aryl methyl sites for hydroxylation is 1. The number of benzene rings is 2. The van der Waals surface area contributed by atoms with E-state index in [2.05, 4.69) is 4.98 Å². The van der Waals surface area contributed by atoms with Crippen molar-refractivity contribution in [1.82, 2.24) is 9.55 Å². The van der Waals surface area contributed by atoms with E-state index in [-0.39, 0.29) is 5.56 Å². The fourth-order valence-corrected chi connectivity index (χ4v) is 2.52. The van der Waals surface area contributed by atoms with Gasteiger partial charge in [0.05, 0.1) is 17.6 Å². The monoisotopic (exact) mass is 279 g/mol. The second-order valence-corrected chi connectivity index (χ2v) is 5.21. The van der Waals surface area contributed by atoms with Crippen LogP contribution in [0.1, 0.15) is 16.8 Å². The first kappa shape index (κ1) is 13.4. The summed E-state index contributed by atoms with van der Waals surface area (Å²) in [5.41, 5.74) is 10.9. The van der Waals surface area contributed by atoms with E-state index in [1.54, 1.807) is 11.5 Å². The van der Waals surface area contributed by atoms with E-state index in [1.165, 1.54) is 0 Å². The Morgan fingerprint density at radius 2 is 1.86 bits per heavy atom. The Labute approximate surface area is 122 Å². The summed E-state index contributed by atoms with van der Waals surface area (Å²) in [6.07, 6.45) is 0. The van der Waals surface area contributed by atoms with Crippen LogP contribution in [-0.2, 0) is 6.54 Å². The van der Waals surface area contributed by atoms with Crippen LogP contribution in [0, 0.1) is 13.8 Å². The van der Waals surface area contributed by atoms with E-state index >= 15 is 0 Å². The quantitative estimate of drug-likeness (QED) is 0.734. The van der Waals surface area contributed by atoms with Gasteiger partial charge in [0.15, 0.2) is 0 Å². The third kappa shape index (κ3) is 2.29. The zero-order valence-corrected chi connectivity index (χ0v) is 12.1. The van der Waals surface area contributed by atoms with Gasteiger partial charge in [-0.05, 0) is 43.2 Å². The molecule has 2 N–H and O–H groups in total. The molecule has 0 saturated carbocycles. The van der Waals surface area contributed by atoms with Gasteiger partial charge in [0.2, 0.25) is 0 Å². The van der Waals surface area contributed by atoms with E-state index in [4.69, 9.17) is 5.73 Å². The molecular formula is C17H17N3O. The van der Waals surface area contributed by atoms with Gasteiger partial charge < -0.3 is 10.3 Å². The summed E-state index contributed by atoms with van der Waals surface area (Å²) < 4.78 is 1.76. The first-order valence-corrected chi connectivity index (χ1v) is 6.88. The summed E-state index contributed by atoms with van der Waals surface area (Å²) in [4.78, 5) is 16.8. The van der Waals surface area contributed by atoms with Gasteiger partial charge in [0.25, 0.3) is 5.56 Å². The predicted molar refractivity (Wildman–Crippen MR) is 85.4 cm³/mol. The SMILES string of the molecule is Cc1c(N)cccc1Cn1c(=O)c(C)nc2ccccc21. The molecule has 3 rings (SSSR count). The van der Waals surface area contributed by atoms with Crippen molar-refractivity contribution < 1.29 is 0 Å². The maximum absolute atomic E-state index is 12.5. The van der Waals surface area contributed by atoms with Gasteiger partial charge in [-0.15, -0.1) is 0 Å². The zero-order chi connectivity index (χ0) is 15.0. The Hall–Kier alpha value is -2.62. The standard InChI is InChI=1S/C17H17N3O/c1-11-13(6-5-7-14(11)18)10-20-16-9-4-3-8-15(16)19-12(2)17(20)21/h3-9H,10,18H2,1-2H3. The maximum atomic E-state index is 12.5. The summed E-state index contributed by atoms with van der Waals surface area (Å²) >= 11 is 0. The number of hydrogen-bond donors (Lipinski definition) is 1. The summed E-state index contributed by atoms with van der Waals surface area (Å²) in [7, 11) is 0. The lowest BCUT2D eigenvalue weighted by molar-refractivity contribution is 0.772. The molecule has 0 radical (unpaired) electrons. The Morgan fingerprint density at radius 1 is 1.10 bits per heavy atom. The molecule has 0 atom stereocenters. The predicted octanol–water partition coefficient (Wildman–Crippen LogP) is 2.64. The van der Waals surface area contributed by atoms with Crippen molar-refractivity contribution in [1.29, 1.82) is 0 Å². The summed E-state index contributed by atoms with van der Waals surface area (Å²) in [5.74, 6) is 0. The number of fused-ring (bicyclic) bond motifs is 1. The van der Waals surface area contributed by atoms with E-state index < -0.39 is 0 Å². The largest absolute Gasteiger partial charge is 0.399 e. The van der Waals surface area contributed by atoms with Crippen LogP contribution in [0.3, 0.4) is 0 Å². The normalized spacial score (nSPS) is 11.0. The van der Waals surface area contributed by atoms with Crippen LogP contribution in [0.5, 0.6) is 0 Å². The molecule has 0 spiro atoms. The van der Waals surface area contributed by atoms with E-state index in [9.17, 15) is 4.79 Å². The smallest absolute Gasteiger partial charge is 0.272 e. The molecule has 0 bridgehead atoms. The van der Waals surface area contributed by atoms with E-state index in [1.807, 2.05) is 49.4 Å². The van der Waals surface area contributed by atoms with Gasteiger partial charge in [-0.1, -0.05) is 24.3 Å². The van der Waals surface area contributed by atoms with Crippen LogP contribution in [0.4, 0.5) is 5.69 Å². The van der Waals surface area contributed by atoms with Crippen molar-refractivity contribution >= 4 is 16.7 Å². The minimum absolute atomic E-state index is 0.0597. The third-order valence-electron chi connectivity index (χ3n) is 3.83. The Kier molecular flexibility index (Phi) is 3.22. The number of nitrogens with two attached hydrogens (primary N) is 1. The number of nitrogens with zero attached hydrogens (tertiary/aromatic N) is 2. The van der Waals surface area contributed by atoms with Crippen molar-refractivity contribution in [3.05, 3.63) is 69.6 Å². The van der Waals surface area contributed by atoms with Crippen LogP contribution >= 0.6 is 0 Å². The Balaban J connectivity index is 2.23. The first-order valence-electron chi connectivity index (χ1n) is 6.88. The number of anilines is 1. The molecular weight excluding hydrogens is 262 g/mol. The fourth-order valence-electron chi connectivity index (χ4n) is 2.52. The number of rotatable bonds is 2. The van der Waals surface area contributed by atoms with Gasteiger partial charge in [0, 0.05) is 5.69 Å². The molecule has 3 aromatic rings. The molecule has 1 aromatic heterocycles. The number of nitrogen functional groups attached to an aromatic ring is 1. The first-order chi connectivity index (χ1) is 10.1. The summed E-state index contributed by atoms with van der Waals surface area (Å²) in [6, 6.07) is 13.5. The van der Waals surface area contributed by atoms with E-state index in [0.29, 0.717) is 12.2 Å². The molecule has 0 aliphatic heterocycles. The number of aromatic nitrogens is 2. The van der Waals surface area contributed by atoms with E-state index in [0.717, 1.165) is 27.8 Å². The highest BCUT2D eigenvalue weighted by molar-refractivity contribution is 5.74. The van der Waals surface area contributed by atoms with Crippen LogP contribution in [0.2, 0.25) is 0 Å². The van der Waals surface area contributed by atoms with Gasteiger partial charge in [-0.25, -0.2) is 4.98 Å². The Bertz CT molecular complexity index is 881. The van der Waals surface area contributed by atoms with Crippen molar-refractivity contribution in [3.8, 4) is 0 Å². The lowest BCUT2D eigenvalue weighted by Crippen LogP contribution is -2.25. The Morgan fingerprint density at radius 3 is 2.67 bits per heavy atom. The molecule has 106 valence electrons. The average Bonchev–Trinajstić information content (AvgIpc) is 2.48. The molecule has 21 heavy (non-hydrogen) atoms. The fraction of sp³-hybridized carbons (Fsp3) is 0.176. The highest BCUT2D eigenvalue weighted by Crippen LogP contribution is 2.18. The zero-order valence-electron chi connectivity index (χ0n) is 12.1. The van der Waals surface area contributed by atoms with Gasteiger partial charge >= 0.3 is 0 Å². The average molecular weight is 279 g/mol. The van der Waals surface area contributed by atoms with Crippen molar-refractivity contribution in [2.24, 2.45) is 0 Å². The molecule has 0 aliphatic rings. The van der Waals surface area contributed by atoms with Gasteiger partial charge in [-0.2, -0.15) is 0 Å². The molecule has 0 aliphatic carbocycles. The highest BCUT2D eigenvalue weighted by atomic mass is 16.1. The minimum atomic E-state index is -0.0597. The summed E-state index contributed by atoms with van der Waals surface area (Å²) in [5, 5.41) is 0. The highest BCUT2D eigenvalue weighted by Gasteiger charge is 2.10. The maximum Gasteiger partial charge on any atom is 0.272 e. The lowest BCUT2D eigenvalue weighted by atomic mass is 10.1. The van der Waals surface area contributed by atoms with Gasteiger partial charge in [0.1, 0.15) is 5.69 Å². The minimum Gasteiger partial charge on any atom is -0.399 e. The third-order valence-corrected chi connectivity index (χ3v) is 3.83. The number of para-hydroxylation sites is 2. The summed E-state index contributed by atoms with van der Waals surface area (Å²) in [6.45, 7) is 4.23. The molecule has 4 heteroatoms. The van der Waals surface area contributed by atoms with Crippen LogP contribution < -0.4 is 11.3 Å². The second-order valence-electron chi connectivity index (χ2n) is 5.21. The topological polar surface area (TPSA) is 60.9 Å². The molecule has 1 heterocycles. The van der Waals surface area contributed by atoms with Crippen molar-refractivity contribution in [2.75, 3.05) is 5.73 Å². The number of hydrogen-bond acceptors (Lipinski definition) is 3. The van der Waals surface area contributed by atoms with Gasteiger partial charge in [-0.3, -0.25) is 4.79 Å². The van der Waals surface area contributed by atoms with Crippen LogP contribution in [-0.4, -0.2) is 9.55 Å². The lowest BCUT2D eigenvalue weighted by Gasteiger charge is -2.13. The molecule has 0 unspecified atom stereocenters. The van der Waals surface area contributed by atoms with Crippen molar-refractivity contribution in [2.45, 2.75) is 20.4 Å². The second kappa shape index (κ2) is 5.05. The molecule has 0 amide bonds. The molecule has 2 aromatic carbocycles. The van der Waals surface area contributed by atoms with Crippen LogP contribution in [0.15, 0.2) is 47.3 Å². The molecule has 4 nitrogen and oxygen atoms in total. The van der Waals surface area contributed by atoms with Crippen LogP contribution in [0.25, 0.3) is 11.0 Å². The molecule has 0 fully saturated rings. The van der Waals surface area contributed by atoms with Crippen molar-refractivity contribution in [3.63, 3.8) is 0 Å². The molecule has 0 saturated heterocycles.